The Morgan fingerprint density at radius 3 is 2.86 bits per heavy atom. The third kappa shape index (κ3) is 2.05. The van der Waals surface area contributed by atoms with Gasteiger partial charge in [0.05, 0.1) is 0 Å². The lowest BCUT2D eigenvalue weighted by atomic mass is 10.3. The zero-order valence-electron chi connectivity index (χ0n) is 7.60. The minimum atomic E-state index is 0.535. The Hall–Kier alpha value is -1.49. The van der Waals surface area contributed by atoms with Crippen molar-refractivity contribution in [3.63, 3.8) is 0 Å². The Kier molecular flexibility index (Phi) is 2.41. The van der Waals surface area contributed by atoms with E-state index in [4.69, 9.17) is 10.2 Å². The molecule has 0 fully saturated rings. The summed E-state index contributed by atoms with van der Waals surface area (Å²) in [5.41, 5.74) is 6.37. The van der Waals surface area contributed by atoms with Crippen LogP contribution in [0.4, 0.5) is 5.69 Å². The molecule has 0 radical (unpaired) electrons. The Bertz CT molecular complexity index is 441. The third-order valence-electron chi connectivity index (χ3n) is 1.57. The molecule has 0 amide bonds. The number of hydrogen-bond donors (Lipinski definition) is 1. The molecule has 0 unspecified atom stereocenters. The maximum Gasteiger partial charge on any atom is 0.281 e. The van der Waals surface area contributed by atoms with Gasteiger partial charge in [0.2, 0.25) is 5.89 Å². The van der Waals surface area contributed by atoms with Gasteiger partial charge >= 0.3 is 0 Å². The van der Waals surface area contributed by atoms with Crippen molar-refractivity contribution in [2.75, 3.05) is 5.73 Å². The van der Waals surface area contributed by atoms with E-state index in [1.165, 1.54) is 11.8 Å². The van der Waals surface area contributed by atoms with E-state index in [1.807, 2.05) is 24.3 Å². The fourth-order valence-electron chi connectivity index (χ4n) is 0.999. The van der Waals surface area contributed by atoms with E-state index in [9.17, 15) is 0 Å². The number of rotatable bonds is 2. The zero-order valence-corrected chi connectivity index (χ0v) is 8.41. The zero-order chi connectivity index (χ0) is 9.97. The molecular formula is C9H9N3OS. The molecule has 14 heavy (non-hydrogen) atoms. The van der Waals surface area contributed by atoms with E-state index < -0.39 is 0 Å². The van der Waals surface area contributed by atoms with Gasteiger partial charge in [-0.15, -0.1) is 10.2 Å². The van der Waals surface area contributed by atoms with Gasteiger partial charge in [0.25, 0.3) is 5.22 Å². The molecule has 0 aliphatic rings. The van der Waals surface area contributed by atoms with Gasteiger partial charge in [-0.25, -0.2) is 0 Å². The molecule has 0 saturated carbocycles. The number of hydrogen-bond acceptors (Lipinski definition) is 5. The molecule has 0 saturated heterocycles. The van der Waals surface area contributed by atoms with Crippen LogP contribution >= 0.6 is 11.8 Å². The fraction of sp³-hybridized carbons (Fsp3) is 0.111. The van der Waals surface area contributed by atoms with Gasteiger partial charge in [0, 0.05) is 17.5 Å². The monoisotopic (exact) mass is 207 g/mol. The predicted octanol–water partition coefficient (Wildman–Crippen LogP) is 2.11. The van der Waals surface area contributed by atoms with Crippen molar-refractivity contribution in [2.45, 2.75) is 17.0 Å². The first-order valence-corrected chi connectivity index (χ1v) is 4.89. The Labute approximate surface area is 85.5 Å². The van der Waals surface area contributed by atoms with Crippen molar-refractivity contribution in [3.8, 4) is 0 Å². The van der Waals surface area contributed by atoms with Gasteiger partial charge in [-0.3, -0.25) is 0 Å². The predicted molar refractivity (Wildman–Crippen MR) is 54.0 cm³/mol. The first kappa shape index (κ1) is 9.08. The van der Waals surface area contributed by atoms with Crippen LogP contribution in [0.15, 0.2) is 38.8 Å². The van der Waals surface area contributed by atoms with Crippen molar-refractivity contribution >= 4 is 17.4 Å². The van der Waals surface area contributed by atoms with Gasteiger partial charge in [-0.05, 0) is 30.0 Å². The van der Waals surface area contributed by atoms with E-state index in [0.717, 1.165) is 10.6 Å². The standard InChI is InChI=1S/C9H9N3OS/c1-6-11-12-9(13-6)14-8-4-2-3-7(10)5-8/h2-5H,10H2,1H3. The van der Waals surface area contributed by atoms with Gasteiger partial charge in [0.1, 0.15) is 0 Å². The average molecular weight is 207 g/mol. The van der Waals surface area contributed by atoms with Gasteiger partial charge < -0.3 is 10.2 Å². The number of nitrogens with zero attached hydrogens (tertiary/aromatic N) is 2. The number of nitrogen functional groups attached to an aromatic ring is 1. The highest BCUT2D eigenvalue weighted by Gasteiger charge is 2.04. The second-order valence-electron chi connectivity index (χ2n) is 2.76. The Balaban J connectivity index is 2.18. The SMILES string of the molecule is Cc1nnc(Sc2cccc(N)c2)o1. The molecule has 5 heteroatoms. The largest absolute Gasteiger partial charge is 0.416 e. The molecule has 4 nitrogen and oxygen atoms in total. The molecule has 0 aliphatic carbocycles. The number of aromatic nitrogens is 2. The molecule has 0 atom stereocenters. The van der Waals surface area contributed by atoms with Crippen LogP contribution in [0, 0.1) is 6.92 Å². The van der Waals surface area contributed by atoms with E-state index in [1.54, 1.807) is 6.92 Å². The highest BCUT2D eigenvalue weighted by atomic mass is 32.2. The van der Waals surface area contributed by atoms with E-state index >= 15 is 0 Å². The molecule has 2 aromatic rings. The van der Waals surface area contributed by atoms with Crippen LogP contribution in [0.3, 0.4) is 0 Å². The number of nitrogens with two attached hydrogens (primary N) is 1. The maximum absolute atomic E-state index is 5.64. The summed E-state index contributed by atoms with van der Waals surface area (Å²) in [5, 5.41) is 8.15. The molecule has 1 aromatic carbocycles. The van der Waals surface area contributed by atoms with Crippen LogP contribution in [0.2, 0.25) is 0 Å². The second kappa shape index (κ2) is 3.71. The van der Waals surface area contributed by atoms with Crippen molar-refractivity contribution < 1.29 is 4.42 Å². The minimum Gasteiger partial charge on any atom is -0.416 e. The lowest BCUT2D eigenvalue weighted by molar-refractivity contribution is 0.429. The normalized spacial score (nSPS) is 10.4. The molecular weight excluding hydrogens is 198 g/mol. The van der Waals surface area contributed by atoms with E-state index in [0.29, 0.717) is 11.1 Å². The molecule has 0 spiro atoms. The summed E-state index contributed by atoms with van der Waals surface area (Å²) in [7, 11) is 0. The van der Waals surface area contributed by atoms with Crippen LogP contribution in [0.5, 0.6) is 0 Å². The molecule has 72 valence electrons. The van der Waals surface area contributed by atoms with E-state index in [-0.39, 0.29) is 0 Å². The van der Waals surface area contributed by atoms with Crippen molar-refractivity contribution in [1.29, 1.82) is 0 Å². The van der Waals surface area contributed by atoms with Crippen molar-refractivity contribution in [1.82, 2.24) is 10.2 Å². The molecule has 1 heterocycles. The summed E-state index contributed by atoms with van der Waals surface area (Å²) >= 11 is 1.40. The fourth-order valence-corrected chi connectivity index (χ4v) is 1.79. The highest BCUT2D eigenvalue weighted by molar-refractivity contribution is 7.99. The first-order chi connectivity index (χ1) is 6.74. The summed E-state index contributed by atoms with van der Waals surface area (Å²) in [6.45, 7) is 1.76. The maximum atomic E-state index is 5.64. The van der Waals surface area contributed by atoms with Crippen LogP contribution in [0.25, 0.3) is 0 Å². The lowest BCUT2D eigenvalue weighted by Gasteiger charge is -1.97. The summed E-state index contributed by atoms with van der Waals surface area (Å²) in [6.07, 6.45) is 0. The molecule has 0 bridgehead atoms. The van der Waals surface area contributed by atoms with Crippen LogP contribution in [0.1, 0.15) is 5.89 Å². The topological polar surface area (TPSA) is 64.9 Å². The Morgan fingerprint density at radius 1 is 1.36 bits per heavy atom. The lowest BCUT2D eigenvalue weighted by Crippen LogP contribution is -1.83. The number of aryl methyl sites for hydroxylation is 1. The summed E-state index contributed by atoms with van der Waals surface area (Å²) in [4.78, 5) is 0.994. The summed E-state index contributed by atoms with van der Waals surface area (Å²) in [6, 6.07) is 7.54. The minimum absolute atomic E-state index is 0.535. The van der Waals surface area contributed by atoms with Gasteiger partial charge in [0.15, 0.2) is 0 Å². The molecule has 2 N–H and O–H groups in total. The molecule has 0 aliphatic heterocycles. The second-order valence-corrected chi connectivity index (χ2v) is 3.79. The van der Waals surface area contributed by atoms with Crippen LogP contribution < -0.4 is 5.73 Å². The van der Waals surface area contributed by atoms with E-state index in [2.05, 4.69) is 10.2 Å². The van der Waals surface area contributed by atoms with Gasteiger partial charge in [-0.1, -0.05) is 6.07 Å². The quantitative estimate of drug-likeness (QED) is 0.764. The summed E-state index contributed by atoms with van der Waals surface area (Å²) < 4.78 is 5.23. The first-order valence-electron chi connectivity index (χ1n) is 4.07. The molecule has 2 rings (SSSR count). The van der Waals surface area contributed by atoms with Gasteiger partial charge in [-0.2, -0.15) is 0 Å². The van der Waals surface area contributed by atoms with Crippen molar-refractivity contribution in [2.24, 2.45) is 0 Å². The summed E-state index contributed by atoms with van der Waals surface area (Å²) in [5.74, 6) is 0.566. The average Bonchev–Trinajstić information content (AvgIpc) is 2.51. The Morgan fingerprint density at radius 2 is 2.21 bits per heavy atom. The number of anilines is 1. The van der Waals surface area contributed by atoms with Crippen LogP contribution in [-0.4, -0.2) is 10.2 Å². The molecule has 1 aromatic heterocycles. The van der Waals surface area contributed by atoms with Crippen molar-refractivity contribution in [3.05, 3.63) is 30.2 Å². The third-order valence-corrected chi connectivity index (χ3v) is 2.40. The highest BCUT2D eigenvalue weighted by Crippen LogP contribution is 2.27. The van der Waals surface area contributed by atoms with Crippen LogP contribution in [-0.2, 0) is 0 Å². The smallest absolute Gasteiger partial charge is 0.281 e. The number of benzene rings is 1.